The number of sulfone groups is 1. The summed E-state index contributed by atoms with van der Waals surface area (Å²) in [5.41, 5.74) is 4.02. The van der Waals surface area contributed by atoms with Crippen LogP contribution in [0.2, 0.25) is 0 Å². The van der Waals surface area contributed by atoms with Crippen molar-refractivity contribution in [2.75, 3.05) is 36.8 Å². The second-order valence-electron chi connectivity index (χ2n) is 8.07. The molecule has 33 heavy (non-hydrogen) atoms. The Kier molecular flexibility index (Phi) is 9.43. The lowest BCUT2D eigenvalue weighted by Gasteiger charge is -2.24. The molecule has 3 rings (SSSR count). The van der Waals surface area contributed by atoms with Crippen LogP contribution in [0.5, 0.6) is 0 Å². The van der Waals surface area contributed by atoms with E-state index in [2.05, 4.69) is 24.8 Å². The standard InChI is InChI=1S/C24H31N3O3S2.ClH/c1-6-26(7-2)12-13-27(24-25-21-15-18(4)14-19(5)23(21)31-24)22(28)16-32(29,30)20-10-8-17(3)9-11-20;/h8-11,14-15H,6-7,12-13,16H2,1-5H3;1H. The molecule has 0 saturated carbocycles. The number of anilines is 1. The van der Waals surface area contributed by atoms with E-state index in [1.54, 1.807) is 29.2 Å². The van der Waals surface area contributed by atoms with E-state index in [1.807, 2.05) is 26.8 Å². The summed E-state index contributed by atoms with van der Waals surface area (Å²) in [5, 5.41) is 0.546. The van der Waals surface area contributed by atoms with Crippen molar-refractivity contribution < 1.29 is 13.2 Å². The molecule has 180 valence electrons. The van der Waals surface area contributed by atoms with Crippen molar-refractivity contribution in [2.24, 2.45) is 0 Å². The van der Waals surface area contributed by atoms with Crippen LogP contribution in [0.1, 0.15) is 30.5 Å². The van der Waals surface area contributed by atoms with Crippen LogP contribution in [0.3, 0.4) is 0 Å². The number of halogens is 1. The molecule has 2 aromatic carbocycles. The molecule has 0 N–H and O–H groups in total. The molecule has 0 aliphatic carbocycles. The van der Waals surface area contributed by atoms with E-state index in [0.29, 0.717) is 18.2 Å². The van der Waals surface area contributed by atoms with E-state index >= 15 is 0 Å². The van der Waals surface area contributed by atoms with E-state index in [4.69, 9.17) is 4.98 Å². The molecule has 0 spiro atoms. The number of aromatic nitrogens is 1. The number of nitrogens with zero attached hydrogens (tertiary/aromatic N) is 3. The first kappa shape index (κ1) is 27.2. The molecule has 0 aliphatic heterocycles. The first-order valence-electron chi connectivity index (χ1n) is 10.8. The number of carbonyl (C=O) groups excluding carboxylic acids is 1. The molecule has 6 nitrogen and oxygen atoms in total. The molecular formula is C24H32ClN3O3S2. The van der Waals surface area contributed by atoms with Gasteiger partial charge in [0.15, 0.2) is 15.0 Å². The molecular weight excluding hydrogens is 478 g/mol. The second-order valence-corrected chi connectivity index (χ2v) is 11.0. The number of fused-ring (bicyclic) bond motifs is 1. The van der Waals surface area contributed by atoms with Crippen molar-refractivity contribution in [1.29, 1.82) is 0 Å². The first-order valence-corrected chi connectivity index (χ1v) is 13.3. The predicted molar refractivity (Wildman–Crippen MR) is 140 cm³/mol. The minimum absolute atomic E-state index is 0. The van der Waals surface area contributed by atoms with Crippen molar-refractivity contribution in [3.8, 4) is 0 Å². The van der Waals surface area contributed by atoms with Crippen LogP contribution in [0.15, 0.2) is 41.3 Å². The third kappa shape index (κ3) is 6.53. The average molecular weight is 510 g/mol. The largest absolute Gasteiger partial charge is 0.302 e. The summed E-state index contributed by atoms with van der Waals surface area (Å²) in [6.07, 6.45) is 0. The van der Waals surface area contributed by atoms with E-state index in [9.17, 15) is 13.2 Å². The number of carbonyl (C=O) groups is 1. The number of aryl methyl sites for hydroxylation is 3. The lowest BCUT2D eigenvalue weighted by Crippen LogP contribution is -2.41. The summed E-state index contributed by atoms with van der Waals surface area (Å²) in [6, 6.07) is 10.7. The lowest BCUT2D eigenvalue weighted by atomic mass is 10.1. The van der Waals surface area contributed by atoms with Crippen LogP contribution in [0.4, 0.5) is 5.13 Å². The number of hydrogen-bond donors (Lipinski definition) is 0. The fourth-order valence-electron chi connectivity index (χ4n) is 3.66. The first-order chi connectivity index (χ1) is 15.1. The zero-order chi connectivity index (χ0) is 23.5. The minimum Gasteiger partial charge on any atom is -0.302 e. The SMILES string of the molecule is CCN(CC)CCN(C(=O)CS(=O)(=O)c1ccc(C)cc1)c1nc2cc(C)cc(C)c2s1.Cl. The topological polar surface area (TPSA) is 70.6 Å². The minimum atomic E-state index is -3.75. The third-order valence-electron chi connectivity index (χ3n) is 5.57. The molecule has 0 atom stereocenters. The van der Waals surface area contributed by atoms with Gasteiger partial charge in [0.2, 0.25) is 5.91 Å². The Morgan fingerprint density at radius 1 is 0.970 bits per heavy atom. The zero-order valence-electron chi connectivity index (χ0n) is 19.8. The zero-order valence-corrected chi connectivity index (χ0v) is 22.2. The van der Waals surface area contributed by atoms with Crippen molar-refractivity contribution in [2.45, 2.75) is 39.5 Å². The highest BCUT2D eigenvalue weighted by Gasteiger charge is 2.27. The molecule has 1 amide bonds. The van der Waals surface area contributed by atoms with Gasteiger partial charge in [-0.15, -0.1) is 12.4 Å². The maximum absolute atomic E-state index is 13.3. The summed E-state index contributed by atoms with van der Waals surface area (Å²) in [4.78, 5) is 21.9. The number of thiazole rings is 1. The van der Waals surface area contributed by atoms with Crippen LogP contribution in [-0.4, -0.2) is 56.1 Å². The van der Waals surface area contributed by atoms with E-state index in [0.717, 1.165) is 40.0 Å². The van der Waals surface area contributed by atoms with Gasteiger partial charge in [-0.05, 0) is 63.2 Å². The second kappa shape index (κ2) is 11.4. The van der Waals surface area contributed by atoms with Gasteiger partial charge in [0.05, 0.1) is 15.1 Å². The van der Waals surface area contributed by atoms with Crippen molar-refractivity contribution >= 4 is 54.8 Å². The fraction of sp³-hybridized carbons (Fsp3) is 0.417. The highest BCUT2D eigenvalue weighted by Crippen LogP contribution is 2.32. The van der Waals surface area contributed by atoms with Crippen LogP contribution in [0, 0.1) is 20.8 Å². The van der Waals surface area contributed by atoms with Gasteiger partial charge in [-0.2, -0.15) is 0 Å². The van der Waals surface area contributed by atoms with Gasteiger partial charge in [0, 0.05) is 13.1 Å². The number of hydrogen-bond acceptors (Lipinski definition) is 6. The smallest absolute Gasteiger partial charge is 0.244 e. The lowest BCUT2D eigenvalue weighted by molar-refractivity contribution is -0.116. The Bertz CT molecular complexity index is 1200. The summed E-state index contributed by atoms with van der Waals surface area (Å²) < 4.78 is 26.9. The van der Waals surface area contributed by atoms with Crippen LogP contribution >= 0.6 is 23.7 Å². The predicted octanol–water partition coefficient (Wildman–Crippen LogP) is 4.79. The maximum atomic E-state index is 13.3. The average Bonchev–Trinajstić information content (AvgIpc) is 3.15. The van der Waals surface area contributed by atoms with Gasteiger partial charge < -0.3 is 4.90 Å². The van der Waals surface area contributed by atoms with E-state index < -0.39 is 21.5 Å². The molecule has 0 bridgehead atoms. The van der Waals surface area contributed by atoms with Gasteiger partial charge in [0.1, 0.15) is 5.75 Å². The van der Waals surface area contributed by atoms with Crippen LogP contribution < -0.4 is 4.90 Å². The van der Waals surface area contributed by atoms with Crippen molar-refractivity contribution in [3.05, 3.63) is 53.1 Å². The highest BCUT2D eigenvalue weighted by molar-refractivity contribution is 7.92. The molecule has 1 aromatic heterocycles. The molecule has 9 heteroatoms. The number of rotatable bonds is 9. The van der Waals surface area contributed by atoms with Crippen LogP contribution in [0.25, 0.3) is 10.2 Å². The molecule has 1 heterocycles. The third-order valence-corrected chi connectivity index (χ3v) is 8.42. The summed E-state index contributed by atoms with van der Waals surface area (Å²) in [6.45, 7) is 12.8. The van der Waals surface area contributed by atoms with E-state index in [-0.39, 0.29) is 17.3 Å². The van der Waals surface area contributed by atoms with Gasteiger partial charge in [-0.25, -0.2) is 13.4 Å². The van der Waals surface area contributed by atoms with Crippen LogP contribution in [-0.2, 0) is 14.6 Å². The Morgan fingerprint density at radius 2 is 1.61 bits per heavy atom. The molecule has 3 aromatic rings. The Hall–Kier alpha value is -2.00. The highest BCUT2D eigenvalue weighted by atomic mass is 35.5. The van der Waals surface area contributed by atoms with Gasteiger partial charge in [-0.1, -0.05) is 48.9 Å². The van der Waals surface area contributed by atoms with Gasteiger partial charge >= 0.3 is 0 Å². The number of amides is 1. The summed E-state index contributed by atoms with van der Waals surface area (Å²) in [5.74, 6) is -1.03. The van der Waals surface area contributed by atoms with E-state index in [1.165, 1.54) is 11.3 Å². The van der Waals surface area contributed by atoms with Crippen molar-refractivity contribution in [1.82, 2.24) is 9.88 Å². The molecule has 0 radical (unpaired) electrons. The summed E-state index contributed by atoms with van der Waals surface area (Å²) >= 11 is 1.44. The summed E-state index contributed by atoms with van der Waals surface area (Å²) in [7, 11) is -3.75. The maximum Gasteiger partial charge on any atom is 0.244 e. The Labute approximate surface area is 207 Å². The Morgan fingerprint density at radius 3 is 2.21 bits per heavy atom. The molecule has 0 fully saturated rings. The molecule has 0 unspecified atom stereocenters. The normalized spacial score (nSPS) is 11.6. The number of benzene rings is 2. The monoisotopic (exact) mass is 509 g/mol. The van der Waals surface area contributed by atoms with Gasteiger partial charge in [0.25, 0.3) is 0 Å². The quantitative estimate of drug-likeness (QED) is 0.414. The van der Waals surface area contributed by atoms with Crippen molar-refractivity contribution in [3.63, 3.8) is 0 Å². The fourth-order valence-corrected chi connectivity index (χ4v) is 5.92. The Balaban J connectivity index is 0.00000385. The number of likely N-dealkylation sites (N-methyl/N-ethyl adjacent to an activating group) is 1. The molecule has 0 saturated heterocycles. The van der Waals surface area contributed by atoms with Gasteiger partial charge in [-0.3, -0.25) is 9.69 Å². The molecule has 0 aliphatic rings.